The van der Waals surface area contributed by atoms with Crippen LogP contribution in [-0.2, 0) is 4.74 Å². The van der Waals surface area contributed by atoms with Crippen LogP contribution in [0.15, 0.2) is 59.6 Å². The predicted molar refractivity (Wildman–Crippen MR) is 105 cm³/mol. The summed E-state index contributed by atoms with van der Waals surface area (Å²) >= 11 is 1.68. The highest BCUT2D eigenvalue weighted by Crippen LogP contribution is 2.36. The summed E-state index contributed by atoms with van der Waals surface area (Å²) in [6, 6.07) is 14.1. The number of hydrogen-bond donors (Lipinski definition) is 0. The number of ether oxygens (including phenoxy) is 2. The fraction of sp³-hybridized carbons (Fsp3) is 0.200. The maximum atomic E-state index is 5.78. The Morgan fingerprint density at radius 2 is 2.04 bits per heavy atom. The number of aliphatic imine (C=N–C) groups is 1. The van der Waals surface area contributed by atoms with Crippen LogP contribution in [-0.4, -0.2) is 31.5 Å². The van der Waals surface area contributed by atoms with Gasteiger partial charge < -0.3 is 9.47 Å². The van der Waals surface area contributed by atoms with Crippen molar-refractivity contribution in [2.24, 2.45) is 4.99 Å². The van der Waals surface area contributed by atoms with E-state index >= 15 is 0 Å². The van der Waals surface area contributed by atoms with Gasteiger partial charge >= 0.3 is 0 Å². The van der Waals surface area contributed by atoms with Gasteiger partial charge in [0.2, 0.25) is 0 Å². The number of allylic oxidation sites excluding steroid dienone is 2. The van der Waals surface area contributed by atoms with E-state index in [2.05, 4.69) is 11.1 Å². The van der Waals surface area contributed by atoms with Crippen LogP contribution >= 0.6 is 11.3 Å². The van der Waals surface area contributed by atoms with E-state index in [1.54, 1.807) is 24.7 Å². The molecule has 0 aliphatic heterocycles. The van der Waals surface area contributed by atoms with Crippen LogP contribution in [0.25, 0.3) is 20.8 Å². The molecule has 0 saturated heterocycles. The summed E-state index contributed by atoms with van der Waals surface area (Å²) in [6.07, 6.45) is 5.59. The molecule has 0 bridgehead atoms. The molecule has 4 nitrogen and oxygen atoms in total. The molecule has 0 fully saturated rings. The first-order chi connectivity index (χ1) is 12.3. The van der Waals surface area contributed by atoms with Crippen LogP contribution in [0.4, 0.5) is 5.69 Å². The molecule has 0 N–H and O–H groups in total. The van der Waals surface area contributed by atoms with Crippen LogP contribution in [0, 0.1) is 0 Å². The summed E-state index contributed by atoms with van der Waals surface area (Å²) in [5, 5.41) is 0.979. The number of methoxy groups -OCH3 is 1. The maximum Gasteiger partial charge on any atom is 0.145 e. The Kier molecular flexibility index (Phi) is 5.93. The molecule has 0 spiro atoms. The zero-order valence-corrected chi connectivity index (χ0v) is 15.1. The number of thiazole rings is 1. The highest BCUT2D eigenvalue weighted by Gasteiger charge is 2.10. The summed E-state index contributed by atoms with van der Waals surface area (Å²) in [5.41, 5.74) is 2.83. The second-order valence-corrected chi connectivity index (χ2v) is 6.35. The highest BCUT2D eigenvalue weighted by molar-refractivity contribution is 7.21. The van der Waals surface area contributed by atoms with E-state index in [0.717, 1.165) is 27.5 Å². The minimum atomic E-state index is 0.489. The average Bonchev–Trinajstić information content (AvgIpc) is 3.07. The molecule has 0 aliphatic carbocycles. The third-order valence-electron chi connectivity index (χ3n) is 3.54. The number of fused-ring (bicyclic) bond motifs is 1. The van der Waals surface area contributed by atoms with Gasteiger partial charge in [-0.3, -0.25) is 4.99 Å². The van der Waals surface area contributed by atoms with E-state index < -0.39 is 0 Å². The Morgan fingerprint density at radius 1 is 1.16 bits per heavy atom. The Labute approximate surface area is 151 Å². The van der Waals surface area contributed by atoms with Crippen LogP contribution in [0.1, 0.15) is 6.92 Å². The van der Waals surface area contributed by atoms with Gasteiger partial charge in [-0.1, -0.05) is 18.2 Å². The van der Waals surface area contributed by atoms with E-state index in [1.807, 2.05) is 55.5 Å². The lowest BCUT2D eigenvalue weighted by Gasteiger charge is -2.09. The van der Waals surface area contributed by atoms with Gasteiger partial charge in [0, 0.05) is 18.9 Å². The summed E-state index contributed by atoms with van der Waals surface area (Å²) in [4.78, 5) is 9.23. The maximum absolute atomic E-state index is 5.78. The molecule has 2 aromatic carbocycles. The van der Waals surface area contributed by atoms with Gasteiger partial charge in [0.1, 0.15) is 23.1 Å². The van der Waals surface area contributed by atoms with Crippen molar-refractivity contribution in [3.8, 4) is 16.3 Å². The first-order valence-electron chi connectivity index (χ1n) is 8.09. The Balaban J connectivity index is 1.95. The lowest BCUT2D eigenvalue weighted by atomic mass is 10.2. The van der Waals surface area contributed by atoms with Gasteiger partial charge in [-0.15, -0.1) is 11.3 Å². The number of para-hydroxylation sites is 1. The second-order valence-electron chi connectivity index (χ2n) is 5.31. The number of aromatic nitrogens is 1. The SMILES string of the molecule is C/C=C/C=Nc1cc(-c2nc3ccccc3s2)ccc1OCCOC. The zero-order valence-electron chi connectivity index (χ0n) is 14.3. The van der Waals surface area contributed by atoms with E-state index in [-0.39, 0.29) is 0 Å². The molecular formula is C20H20N2O2S. The summed E-state index contributed by atoms with van der Waals surface area (Å²) in [6.45, 7) is 2.99. The average molecular weight is 352 g/mol. The molecule has 5 heteroatoms. The molecule has 0 amide bonds. The van der Waals surface area contributed by atoms with Crippen molar-refractivity contribution >= 4 is 33.5 Å². The third-order valence-corrected chi connectivity index (χ3v) is 4.62. The largest absolute Gasteiger partial charge is 0.489 e. The zero-order chi connectivity index (χ0) is 17.5. The molecule has 0 atom stereocenters. The quantitative estimate of drug-likeness (QED) is 0.430. The van der Waals surface area contributed by atoms with Crippen molar-refractivity contribution in [3.05, 3.63) is 54.6 Å². The Hall–Kier alpha value is -2.50. The monoisotopic (exact) mass is 352 g/mol. The van der Waals surface area contributed by atoms with E-state index in [9.17, 15) is 0 Å². The van der Waals surface area contributed by atoms with Crippen molar-refractivity contribution in [2.45, 2.75) is 6.92 Å². The first-order valence-corrected chi connectivity index (χ1v) is 8.90. The fourth-order valence-electron chi connectivity index (χ4n) is 2.31. The number of hydrogen-bond acceptors (Lipinski definition) is 5. The minimum absolute atomic E-state index is 0.489. The summed E-state index contributed by atoms with van der Waals surface area (Å²) in [7, 11) is 1.66. The molecule has 3 rings (SSSR count). The molecule has 128 valence electrons. The topological polar surface area (TPSA) is 43.7 Å². The lowest BCUT2D eigenvalue weighted by Crippen LogP contribution is -2.04. The van der Waals surface area contributed by atoms with Crippen LogP contribution < -0.4 is 4.74 Å². The van der Waals surface area contributed by atoms with Crippen LogP contribution in [0.3, 0.4) is 0 Å². The van der Waals surface area contributed by atoms with E-state index in [4.69, 9.17) is 14.5 Å². The van der Waals surface area contributed by atoms with Gasteiger partial charge in [-0.2, -0.15) is 0 Å². The van der Waals surface area contributed by atoms with Gasteiger partial charge in [0.25, 0.3) is 0 Å². The van der Waals surface area contributed by atoms with Gasteiger partial charge in [-0.25, -0.2) is 4.98 Å². The molecule has 1 heterocycles. The van der Waals surface area contributed by atoms with Gasteiger partial charge in [-0.05, 0) is 43.3 Å². The minimum Gasteiger partial charge on any atom is -0.489 e. The number of nitrogens with zero attached hydrogens (tertiary/aromatic N) is 2. The van der Waals surface area contributed by atoms with Crippen LogP contribution in [0.5, 0.6) is 5.75 Å². The third kappa shape index (κ3) is 4.32. The molecule has 25 heavy (non-hydrogen) atoms. The van der Waals surface area contributed by atoms with E-state index in [1.165, 1.54) is 4.70 Å². The van der Waals surface area contributed by atoms with E-state index in [0.29, 0.717) is 13.2 Å². The highest BCUT2D eigenvalue weighted by atomic mass is 32.1. The van der Waals surface area contributed by atoms with Gasteiger partial charge in [0.05, 0.1) is 16.8 Å². The molecule has 0 aliphatic rings. The molecule has 1 aromatic heterocycles. The number of benzene rings is 2. The Bertz CT molecular complexity index is 867. The smallest absolute Gasteiger partial charge is 0.145 e. The van der Waals surface area contributed by atoms with Crippen molar-refractivity contribution < 1.29 is 9.47 Å². The standard InChI is InChI=1S/C20H20N2O2S/c1-3-4-11-21-17-14-15(9-10-18(17)24-13-12-23-2)20-22-16-7-5-6-8-19(16)25-20/h3-11,14H,12-13H2,1-2H3/b4-3+,21-11?. The Morgan fingerprint density at radius 3 is 2.84 bits per heavy atom. The second kappa shape index (κ2) is 8.55. The summed E-state index contributed by atoms with van der Waals surface area (Å²) in [5.74, 6) is 0.739. The summed E-state index contributed by atoms with van der Waals surface area (Å²) < 4.78 is 12.0. The van der Waals surface area contributed by atoms with Crippen LogP contribution in [0.2, 0.25) is 0 Å². The lowest BCUT2D eigenvalue weighted by molar-refractivity contribution is 0.146. The van der Waals surface area contributed by atoms with Gasteiger partial charge in [0.15, 0.2) is 0 Å². The number of rotatable bonds is 7. The predicted octanol–water partition coefficient (Wildman–Crippen LogP) is 5.27. The normalized spacial score (nSPS) is 11.8. The van der Waals surface area contributed by atoms with Crippen molar-refractivity contribution in [1.29, 1.82) is 0 Å². The molecule has 0 radical (unpaired) electrons. The van der Waals surface area contributed by atoms with Crippen molar-refractivity contribution in [2.75, 3.05) is 20.3 Å². The fourth-order valence-corrected chi connectivity index (χ4v) is 3.28. The van der Waals surface area contributed by atoms with Crippen molar-refractivity contribution in [3.63, 3.8) is 0 Å². The molecular weight excluding hydrogens is 332 g/mol. The van der Waals surface area contributed by atoms with Crippen molar-refractivity contribution in [1.82, 2.24) is 4.98 Å². The molecule has 0 saturated carbocycles. The molecule has 3 aromatic rings. The first kappa shape index (κ1) is 17.3. The molecule has 0 unspecified atom stereocenters.